The van der Waals surface area contributed by atoms with Gasteiger partial charge >= 0.3 is 0 Å². The molecule has 1 aliphatic rings. The zero-order chi connectivity index (χ0) is 22.2. The summed E-state index contributed by atoms with van der Waals surface area (Å²) in [7, 11) is -0.672. The third-order valence-corrected chi connectivity index (χ3v) is 7.11. The number of thiazole rings is 1. The summed E-state index contributed by atoms with van der Waals surface area (Å²) >= 11 is 1.25. The summed E-state index contributed by atoms with van der Waals surface area (Å²) in [5, 5.41) is 7.64. The van der Waals surface area contributed by atoms with E-state index < -0.39 is 15.9 Å². The Morgan fingerprint density at radius 3 is 2.65 bits per heavy atom. The monoisotopic (exact) mass is 458 g/mol. The van der Waals surface area contributed by atoms with Gasteiger partial charge in [0.2, 0.25) is 10.0 Å². The first-order valence-electron chi connectivity index (χ1n) is 9.10. The third kappa shape index (κ3) is 4.29. The third-order valence-electron chi connectivity index (χ3n) is 4.53. The van der Waals surface area contributed by atoms with E-state index in [-0.39, 0.29) is 17.4 Å². The van der Waals surface area contributed by atoms with Crippen LogP contribution in [0.1, 0.15) is 10.4 Å². The average molecular weight is 459 g/mol. The van der Waals surface area contributed by atoms with Crippen LogP contribution in [-0.4, -0.2) is 50.2 Å². The Bertz CT molecular complexity index is 1270. The summed E-state index contributed by atoms with van der Waals surface area (Å²) in [6, 6.07) is 11.0. The first-order valence-corrected chi connectivity index (χ1v) is 11.4. The summed E-state index contributed by atoms with van der Waals surface area (Å²) < 4.78 is 30.7. The molecule has 3 aromatic rings. The molecule has 9 nitrogen and oxygen atoms in total. The molecule has 0 radical (unpaired) electrons. The van der Waals surface area contributed by atoms with Crippen molar-refractivity contribution < 1.29 is 22.7 Å². The maximum atomic E-state index is 12.5. The Balaban J connectivity index is 1.49. The Morgan fingerprint density at radius 1 is 1.19 bits per heavy atom. The van der Waals surface area contributed by atoms with E-state index in [1.54, 1.807) is 17.5 Å². The number of benzene rings is 2. The summed E-state index contributed by atoms with van der Waals surface area (Å²) in [6.07, 6.45) is 0. The largest absolute Gasteiger partial charge is 0.482 e. The number of amides is 2. The number of nitrogens with one attached hydrogen (secondary N) is 2. The molecule has 11 heteroatoms. The number of carbonyl (C=O) groups is 2. The first-order chi connectivity index (χ1) is 14.7. The van der Waals surface area contributed by atoms with E-state index in [4.69, 9.17) is 4.74 Å². The SMILES string of the molecule is CN(C)S(=O)(=O)c1ccc(C(=O)Nc2nc(-c3ccc4c(c3)NC(=O)CO4)cs2)cc1. The highest BCUT2D eigenvalue weighted by molar-refractivity contribution is 7.89. The molecule has 0 unspecified atom stereocenters. The van der Waals surface area contributed by atoms with Gasteiger partial charge in [0, 0.05) is 30.6 Å². The van der Waals surface area contributed by atoms with Gasteiger partial charge in [0.05, 0.1) is 16.3 Å². The first kappa shape index (κ1) is 21.0. The van der Waals surface area contributed by atoms with E-state index in [0.717, 1.165) is 9.87 Å². The number of nitrogens with zero attached hydrogens (tertiary/aromatic N) is 2. The Kier molecular flexibility index (Phi) is 5.48. The lowest BCUT2D eigenvalue weighted by Crippen LogP contribution is -2.25. The van der Waals surface area contributed by atoms with Gasteiger partial charge in [-0.3, -0.25) is 14.9 Å². The maximum Gasteiger partial charge on any atom is 0.262 e. The summed E-state index contributed by atoms with van der Waals surface area (Å²) in [6.45, 7) is -0.0126. The van der Waals surface area contributed by atoms with Crippen LogP contribution in [0.25, 0.3) is 11.3 Å². The fourth-order valence-electron chi connectivity index (χ4n) is 2.86. The van der Waals surface area contributed by atoms with Crippen molar-refractivity contribution in [3.05, 3.63) is 53.4 Å². The second-order valence-electron chi connectivity index (χ2n) is 6.85. The van der Waals surface area contributed by atoms with Crippen molar-refractivity contribution in [2.24, 2.45) is 0 Å². The lowest BCUT2D eigenvalue weighted by Gasteiger charge is -2.18. The number of hydrogen-bond donors (Lipinski definition) is 2. The minimum absolute atomic E-state index is 0.0126. The van der Waals surface area contributed by atoms with Gasteiger partial charge in [0.25, 0.3) is 11.8 Å². The molecule has 4 rings (SSSR count). The highest BCUT2D eigenvalue weighted by Gasteiger charge is 2.19. The fourth-order valence-corrected chi connectivity index (χ4v) is 4.48. The molecule has 2 heterocycles. The van der Waals surface area contributed by atoms with E-state index in [9.17, 15) is 18.0 Å². The van der Waals surface area contributed by atoms with Gasteiger partial charge < -0.3 is 10.1 Å². The van der Waals surface area contributed by atoms with Crippen LogP contribution >= 0.6 is 11.3 Å². The van der Waals surface area contributed by atoms with E-state index in [0.29, 0.717) is 27.8 Å². The van der Waals surface area contributed by atoms with Crippen LogP contribution in [0.3, 0.4) is 0 Å². The van der Waals surface area contributed by atoms with Gasteiger partial charge in [0.15, 0.2) is 11.7 Å². The lowest BCUT2D eigenvalue weighted by atomic mass is 10.1. The number of aromatic nitrogens is 1. The number of ether oxygens (including phenoxy) is 1. The number of anilines is 2. The standard InChI is InChI=1S/C20H18N4O5S2/c1-24(2)31(27,28)14-6-3-12(4-7-14)19(26)23-20-22-16(11-30-20)13-5-8-17-15(9-13)21-18(25)10-29-17/h3-9,11H,10H2,1-2H3,(H,21,25)(H,22,23,26). The molecule has 2 aromatic carbocycles. The van der Waals surface area contributed by atoms with Crippen molar-refractivity contribution in [2.75, 3.05) is 31.3 Å². The van der Waals surface area contributed by atoms with Gasteiger partial charge in [-0.15, -0.1) is 11.3 Å². The fraction of sp³-hybridized carbons (Fsp3) is 0.150. The minimum atomic E-state index is -3.56. The number of carbonyl (C=O) groups excluding carboxylic acids is 2. The number of rotatable bonds is 5. The molecule has 2 N–H and O–H groups in total. The van der Waals surface area contributed by atoms with Crippen molar-refractivity contribution >= 4 is 44.0 Å². The molecular formula is C20H18N4O5S2. The van der Waals surface area contributed by atoms with Gasteiger partial charge in [0.1, 0.15) is 5.75 Å². The number of fused-ring (bicyclic) bond motifs is 1. The molecule has 0 atom stereocenters. The topological polar surface area (TPSA) is 118 Å². The average Bonchev–Trinajstić information content (AvgIpc) is 3.21. The smallest absolute Gasteiger partial charge is 0.262 e. The molecule has 1 aliphatic heterocycles. The molecule has 0 fully saturated rings. The van der Waals surface area contributed by atoms with E-state index in [2.05, 4.69) is 15.6 Å². The minimum Gasteiger partial charge on any atom is -0.482 e. The van der Waals surface area contributed by atoms with Gasteiger partial charge in [-0.1, -0.05) is 0 Å². The molecule has 31 heavy (non-hydrogen) atoms. The van der Waals surface area contributed by atoms with Crippen molar-refractivity contribution in [1.29, 1.82) is 0 Å². The van der Waals surface area contributed by atoms with Crippen molar-refractivity contribution in [3.63, 3.8) is 0 Å². The number of hydrogen-bond acceptors (Lipinski definition) is 7. The highest BCUT2D eigenvalue weighted by Crippen LogP contribution is 2.33. The zero-order valence-electron chi connectivity index (χ0n) is 16.6. The molecular weight excluding hydrogens is 440 g/mol. The predicted molar refractivity (Wildman–Crippen MR) is 117 cm³/mol. The quantitative estimate of drug-likeness (QED) is 0.607. The molecule has 1 aromatic heterocycles. The molecule has 160 valence electrons. The lowest BCUT2D eigenvalue weighted by molar-refractivity contribution is -0.118. The highest BCUT2D eigenvalue weighted by atomic mass is 32.2. The Labute approximate surface area is 182 Å². The molecule has 0 aliphatic carbocycles. The van der Waals surface area contributed by atoms with E-state index >= 15 is 0 Å². The summed E-state index contributed by atoms with van der Waals surface area (Å²) in [5.74, 6) is -0.0343. The zero-order valence-corrected chi connectivity index (χ0v) is 18.2. The molecule has 0 saturated carbocycles. The van der Waals surface area contributed by atoms with Crippen LogP contribution in [0.4, 0.5) is 10.8 Å². The van der Waals surface area contributed by atoms with Gasteiger partial charge in [-0.2, -0.15) is 0 Å². The summed E-state index contributed by atoms with van der Waals surface area (Å²) in [5.41, 5.74) is 2.28. The molecule has 0 bridgehead atoms. The Hall–Kier alpha value is -3.28. The normalized spacial score (nSPS) is 13.3. The van der Waals surface area contributed by atoms with Crippen LogP contribution in [0.15, 0.2) is 52.7 Å². The van der Waals surface area contributed by atoms with Gasteiger partial charge in [-0.05, 0) is 42.5 Å². The molecule has 0 spiro atoms. The molecule has 0 saturated heterocycles. The Morgan fingerprint density at radius 2 is 1.94 bits per heavy atom. The predicted octanol–water partition coefficient (Wildman–Crippen LogP) is 2.64. The maximum absolute atomic E-state index is 12.5. The summed E-state index contributed by atoms with van der Waals surface area (Å²) in [4.78, 5) is 28.6. The van der Waals surface area contributed by atoms with Crippen LogP contribution in [0.2, 0.25) is 0 Å². The van der Waals surface area contributed by atoms with Crippen LogP contribution in [0, 0.1) is 0 Å². The number of sulfonamides is 1. The van der Waals surface area contributed by atoms with Crippen LogP contribution < -0.4 is 15.4 Å². The van der Waals surface area contributed by atoms with Crippen molar-refractivity contribution in [1.82, 2.24) is 9.29 Å². The second-order valence-corrected chi connectivity index (χ2v) is 9.86. The van der Waals surface area contributed by atoms with Crippen molar-refractivity contribution in [2.45, 2.75) is 4.90 Å². The van der Waals surface area contributed by atoms with E-state index in [1.807, 2.05) is 6.07 Å². The van der Waals surface area contributed by atoms with E-state index in [1.165, 1.54) is 49.7 Å². The molecule has 2 amide bonds. The van der Waals surface area contributed by atoms with Crippen LogP contribution in [0.5, 0.6) is 5.75 Å². The second kappa shape index (κ2) is 8.10. The van der Waals surface area contributed by atoms with Crippen molar-refractivity contribution in [3.8, 4) is 17.0 Å². The van der Waals surface area contributed by atoms with Crippen LogP contribution in [-0.2, 0) is 14.8 Å². The van der Waals surface area contributed by atoms with Gasteiger partial charge in [-0.25, -0.2) is 17.7 Å².